The molecule has 0 aliphatic rings. The predicted octanol–water partition coefficient (Wildman–Crippen LogP) is 1.07. The summed E-state index contributed by atoms with van der Waals surface area (Å²) in [5.74, 6) is 0. The van der Waals surface area contributed by atoms with Crippen LogP contribution in [0.1, 0.15) is 20.8 Å². The number of rotatable bonds is 3. The van der Waals surface area contributed by atoms with Gasteiger partial charge in [-0.3, -0.25) is 4.99 Å². The van der Waals surface area contributed by atoms with E-state index >= 15 is 0 Å². The van der Waals surface area contributed by atoms with Gasteiger partial charge in [-0.2, -0.15) is 0 Å². The molecule has 0 unspecified atom stereocenters. The highest BCUT2D eigenvalue weighted by Gasteiger charge is 2.22. The summed E-state index contributed by atoms with van der Waals surface area (Å²) in [5, 5.41) is 6.08. The standard InChI is InChI=1S/C9H22N4/c1-9(2,3)12(7)13(8-10-4)11(5)6/h8H,1-7H3/b10-8-. The summed E-state index contributed by atoms with van der Waals surface area (Å²) in [6.45, 7) is 6.48. The zero-order chi connectivity index (χ0) is 10.6. The molecule has 0 aliphatic heterocycles. The van der Waals surface area contributed by atoms with E-state index in [1.165, 1.54) is 0 Å². The molecule has 0 aliphatic carbocycles. The van der Waals surface area contributed by atoms with Gasteiger partial charge in [-0.1, -0.05) is 0 Å². The number of aliphatic imine (C=N–C) groups is 1. The molecule has 0 saturated carbocycles. The third-order valence-electron chi connectivity index (χ3n) is 1.91. The molecule has 4 heteroatoms. The first-order valence-electron chi connectivity index (χ1n) is 4.43. The minimum atomic E-state index is 0.0888. The lowest BCUT2D eigenvalue weighted by Crippen LogP contribution is -2.55. The lowest BCUT2D eigenvalue weighted by molar-refractivity contribution is -0.122. The maximum Gasteiger partial charge on any atom is 0.117 e. The molecule has 0 atom stereocenters. The summed E-state index contributed by atoms with van der Waals surface area (Å²) >= 11 is 0. The molecular formula is C9H22N4. The zero-order valence-corrected chi connectivity index (χ0v) is 9.87. The zero-order valence-electron chi connectivity index (χ0n) is 9.87. The van der Waals surface area contributed by atoms with E-state index in [1.807, 2.05) is 31.3 Å². The largest absolute Gasteiger partial charge is 0.276 e. The van der Waals surface area contributed by atoms with Crippen LogP contribution in [0.15, 0.2) is 4.99 Å². The quantitative estimate of drug-likeness (QED) is 0.374. The second kappa shape index (κ2) is 4.58. The Kier molecular flexibility index (Phi) is 4.36. The molecule has 13 heavy (non-hydrogen) atoms. The number of nitrogens with zero attached hydrogens (tertiary/aromatic N) is 4. The first-order valence-corrected chi connectivity index (χ1v) is 4.43. The number of hydrogen-bond acceptors (Lipinski definition) is 3. The molecule has 0 aromatic heterocycles. The lowest BCUT2D eigenvalue weighted by atomic mass is 10.1. The minimum Gasteiger partial charge on any atom is -0.276 e. The molecule has 0 spiro atoms. The van der Waals surface area contributed by atoms with Crippen molar-refractivity contribution < 1.29 is 0 Å². The van der Waals surface area contributed by atoms with Crippen LogP contribution in [0.2, 0.25) is 0 Å². The molecule has 0 amide bonds. The summed E-state index contributed by atoms with van der Waals surface area (Å²) in [6, 6.07) is 0. The van der Waals surface area contributed by atoms with E-state index in [0.717, 1.165) is 0 Å². The van der Waals surface area contributed by atoms with E-state index in [9.17, 15) is 0 Å². The van der Waals surface area contributed by atoms with Crippen LogP contribution in [0.5, 0.6) is 0 Å². The molecule has 0 radical (unpaired) electrons. The van der Waals surface area contributed by atoms with Gasteiger partial charge in [0, 0.05) is 33.7 Å². The van der Waals surface area contributed by atoms with Crippen LogP contribution in [-0.2, 0) is 0 Å². The molecule has 0 aromatic rings. The average Bonchev–Trinajstić information content (AvgIpc) is 1.96. The fraction of sp³-hybridized carbons (Fsp3) is 0.889. The summed E-state index contributed by atoms with van der Waals surface area (Å²) in [7, 11) is 7.79. The second-order valence-corrected chi connectivity index (χ2v) is 4.24. The highest BCUT2D eigenvalue weighted by Crippen LogP contribution is 2.12. The van der Waals surface area contributed by atoms with Gasteiger partial charge in [-0.25, -0.2) is 15.1 Å². The Morgan fingerprint density at radius 3 is 1.77 bits per heavy atom. The summed E-state index contributed by atoms with van der Waals surface area (Å²) in [4.78, 5) is 4.01. The van der Waals surface area contributed by atoms with Crippen molar-refractivity contribution in [2.24, 2.45) is 4.99 Å². The summed E-state index contributed by atoms with van der Waals surface area (Å²) < 4.78 is 0. The van der Waals surface area contributed by atoms with E-state index in [0.29, 0.717) is 0 Å². The van der Waals surface area contributed by atoms with E-state index in [1.54, 1.807) is 13.4 Å². The van der Waals surface area contributed by atoms with Gasteiger partial charge in [0.15, 0.2) is 0 Å². The van der Waals surface area contributed by atoms with Crippen LogP contribution >= 0.6 is 0 Å². The van der Waals surface area contributed by atoms with Gasteiger partial charge in [-0.15, -0.1) is 0 Å². The SMILES string of the molecule is C/N=C\N(N(C)C)N(C)C(C)(C)C. The third-order valence-corrected chi connectivity index (χ3v) is 1.91. The van der Waals surface area contributed by atoms with Crippen molar-refractivity contribution in [3.05, 3.63) is 0 Å². The Morgan fingerprint density at radius 2 is 1.54 bits per heavy atom. The third kappa shape index (κ3) is 3.74. The van der Waals surface area contributed by atoms with Crippen LogP contribution in [0.4, 0.5) is 0 Å². The molecule has 0 fully saturated rings. The van der Waals surface area contributed by atoms with Gasteiger partial charge in [0.1, 0.15) is 6.34 Å². The van der Waals surface area contributed by atoms with E-state index in [4.69, 9.17) is 0 Å². The second-order valence-electron chi connectivity index (χ2n) is 4.24. The van der Waals surface area contributed by atoms with E-state index < -0.39 is 0 Å². The molecule has 0 rings (SSSR count). The molecule has 78 valence electrons. The molecule has 4 nitrogen and oxygen atoms in total. The van der Waals surface area contributed by atoms with E-state index in [2.05, 4.69) is 30.8 Å². The van der Waals surface area contributed by atoms with Gasteiger partial charge in [0.05, 0.1) is 0 Å². The highest BCUT2D eigenvalue weighted by atomic mass is 15.9. The van der Waals surface area contributed by atoms with Crippen molar-refractivity contribution in [2.45, 2.75) is 26.3 Å². The van der Waals surface area contributed by atoms with Gasteiger partial charge in [-0.05, 0) is 20.8 Å². The monoisotopic (exact) mass is 186 g/mol. The van der Waals surface area contributed by atoms with Crippen molar-refractivity contribution in [3.63, 3.8) is 0 Å². The van der Waals surface area contributed by atoms with Crippen molar-refractivity contribution >= 4 is 6.34 Å². The Balaban J connectivity index is 4.56. The summed E-state index contributed by atoms with van der Waals surface area (Å²) in [5.41, 5.74) is 0.0888. The molecule has 0 saturated heterocycles. The van der Waals surface area contributed by atoms with Crippen LogP contribution in [0.25, 0.3) is 0 Å². The number of hydrogen-bond donors (Lipinski definition) is 0. The van der Waals surface area contributed by atoms with Crippen molar-refractivity contribution in [2.75, 3.05) is 28.2 Å². The van der Waals surface area contributed by atoms with Crippen molar-refractivity contribution in [3.8, 4) is 0 Å². The van der Waals surface area contributed by atoms with Crippen LogP contribution in [0, 0.1) is 0 Å². The molecule has 0 aromatic carbocycles. The fourth-order valence-corrected chi connectivity index (χ4v) is 0.860. The van der Waals surface area contributed by atoms with Gasteiger partial charge in [0.25, 0.3) is 0 Å². The highest BCUT2D eigenvalue weighted by molar-refractivity contribution is 5.53. The normalized spacial score (nSPS) is 13.3. The maximum atomic E-state index is 4.01. The Hall–Kier alpha value is -0.610. The van der Waals surface area contributed by atoms with Crippen molar-refractivity contribution in [1.82, 2.24) is 15.1 Å². The van der Waals surface area contributed by atoms with Crippen molar-refractivity contribution in [1.29, 1.82) is 0 Å². The van der Waals surface area contributed by atoms with Gasteiger partial charge in [0.2, 0.25) is 0 Å². The Bertz CT molecular complexity index is 169. The molecule has 0 N–H and O–H groups in total. The lowest BCUT2D eigenvalue weighted by Gasteiger charge is -2.42. The minimum absolute atomic E-state index is 0.0888. The fourth-order valence-electron chi connectivity index (χ4n) is 0.860. The van der Waals surface area contributed by atoms with Gasteiger partial charge < -0.3 is 0 Å². The summed E-state index contributed by atoms with van der Waals surface area (Å²) in [6.07, 6.45) is 1.80. The van der Waals surface area contributed by atoms with Crippen LogP contribution < -0.4 is 0 Å². The Morgan fingerprint density at radius 1 is 1.08 bits per heavy atom. The molecular weight excluding hydrogens is 164 g/mol. The average molecular weight is 186 g/mol. The topological polar surface area (TPSA) is 22.1 Å². The Labute approximate surface area is 81.8 Å². The van der Waals surface area contributed by atoms with Gasteiger partial charge >= 0.3 is 0 Å². The first kappa shape index (κ1) is 12.4. The molecule has 0 bridgehead atoms. The smallest absolute Gasteiger partial charge is 0.117 e. The predicted molar refractivity (Wildman–Crippen MR) is 57.5 cm³/mol. The van der Waals surface area contributed by atoms with Crippen LogP contribution in [-0.4, -0.2) is 55.2 Å². The first-order chi connectivity index (χ1) is 5.80. The molecule has 0 heterocycles. The van der Waals surface area contributed by atoms with Crippen LogP contribution in [0.3, 0.4) is 0 Å². The van der Waals surface area contributed by atoms with E-state index in [-0.39, 0.29) is 5.54 Å². The maximum absolute atomic E-state index is 4.01. The number of hydrazine groups is 2.